The van der Waals surface area contributed by atoms with Crippen molar-refractivity contribution in [1.29, 1.82) is 0 Å². The Bertz CT molecular complexity index is 1230. The summed E-state index contributed by atoms with van der Waals surface area (Å²) in [6.07, 6.45) is -4.01. The summed E-state index contributed by atoms with van der Waals surface area (Å²) in [5.41, 5.74) is 2.21. The summed E-state index contributed by atoms with van der Waals surface area (Å²) in [5.74, 6) is 0. The van der Waals surface area contributed by atoms with Crippen LogP contribution in [0.25, 0.3) is 0 Å². The highest BCUT2D eigenvalue weighted by Crippen LogP contribution is 2.44. The van der Waals surface area contributed by atoms with E-state index in [1.807, 2.05) is 54.6 Å². The standard InChI is InChI=1S/C27H23Cl3O6/c28-18-10-4-1-7-15(18)25-31-13-21(33-25)23-24-22(34-27(36-24)17-9-3-6-12-20(17)30)14-32-26(35-23)16-8-2-5-11-19(16)29/h1-12,21-27H,13-14H2/t21-,22+,23-,24-,25?,26?,27?/m0/s1. The first-order valence-corrected chi connectivity index (χ1v) is 12.8. The first-order valence-electron chi connectivity index (χ1n) is 11.7. The Hall–Kier alpha value is -1.71. The number of rotatable bonds is 4. The van der Waals surface area contributed by atoms with Crippen LogP contribution in [0.5, 0.6) is 0 Å². The van der Waals surface area contributed by atoms with E-state index in [2.05, 4.69) is 0 Å². The zero-order valence-electron chi connectivity index (χ0n) is 19.0. The van der Waals surface area contributed by atoms with Crippen LogP contribution < -0.4 is 0 Å². The normalized spacial score (nSPS) is 32.2. The topological polar surface area (TPSA) is 55.4 Å². The molecule has 3 aliphatic rings. The van der Waals surface area contributed by atoms with Crippen molar-refractivity contribution in [3.63, 3.8) is 0 Å². The molecule has 0 radical (unpaired) electrons. The quantitative estimate of drug-likeness (QED) is 0.363. The Kier molecular flexibility index (Phi) is 7.23. The van der Waals surface area contributed by atoms with E-state index in [4.69, 9.17) is 63.2 Å². The van der Waals surface area contributed by atoms with Crippen molar-refractivity contribution in [2.45, 2.75) is 43.3 Å². The highest BCUT2D eigenvalue weighted by molar-refractivity contribution is 6.32. The van der Waals surface area contributed by atoms with Crippen molar-refractivity contribution >= 4 is 34.8 Å². The summed E-state index contributed by atoms with van der Waals surface area (Å²) in [6.45, 7) is 0.513. The lowest BCUT2D eigenvalue weighted by Crippen LogP contribution is -2.45. The third kappa shape index (κ3) is 4.78. The predicted molar refractivity (Wildman–Crippen MR) is 134 cm³/mol. The van der Waals surface area contributed by atoms with E-state index in [1.54, 1.807) is 18.2 Å². The third-order valence-corrected chi connectivity index (χ3v) is 7.55. The zero-order valence-corrected chi connectivity index (χ0v) is 21.2. The van der Waals surface area contributed by atoms with E-state index < -0.39 is 43.3 Å². The predicted octanol–water partition coefficient (Wildman–Crippen LogP) is 6.66. The van der Waals surface area contributed by atoms with Gasteiger partial charge >= 0.3 is 0 Å². The largest absolute Gasteiger partial charge is 0.346 e. The van der Waals surface area contributed by atoms with Gasteiger partial charge in [0.2, 0.25) is 0 Å². The monoisotopic (exact) mass is 548 g/mol. The van der Waals surface area contributed by atoms with Crippen LogP contribution in [-0.2, 0) is 28.4 Å². The van der Waals surface area contributed by atoms with Crippen LogP contribution in [-0.4, -0.2) is 37.6 Å². The number of hydrogen-bond donors (Lipinski definition) is 0. The maximum Gasteiger partial charge on any atom is 0.186 e. The number of halogens is 3. The van der Waals surface area contributed by atoms with Crippen molar-refractivity contribution in [3.8, 4) is 0 Å². The summed E-state index contributed by atoms with van der Waals surface area (Å²) in [7, 11) is 0. The lowest BCUT2D eigenvalue weighted by molar-refractivity contribution is -0.217. The molecule has 0 aromatic heterocycles. The first-order chi connectivity index (χ1) is 17.6. The van der Waals surface area contributed by atoms with Crippen LogP contribution in [0, 0.1) is 0 Å². The molecule has 3 fully saturated rings. The number of ether oxygens (including phenoxy) is 6. The molecule has 0 amide bonds. The van der Waals surface area contributed by atoms with E-state index in [0.29, 0.717) is 20.6 Å². The second-order valence-corrected chi connectivity index (χ2v) is 10.00. The van der Waals surface area contributed by atoms with Crippen molar-refractivity contribution in [3.05, 3.63) is 105 Å². The molecular formula is C27H23Cl3O6. The fourth-order valence-corrected chi connectivity index (χ4v) is 5.40. The molecule has 0 aliphatic carbocycles. The summed E-state index contributed by atoms with van der Waals surface area (Å²) < 4.78 is 37.7. The van der Waals surface area contributed by atoms with Crippen molar-refractivity contribution in [2.24, 2.45) is 0 Å². The van der Waals surface area contributed by atoms with Gasteiger partial charge in [-0.05, 0) is 18.2 Å². The molecule has 3 saturated heterocycles. The van der Waals surface area contributed by atoms with Gasteiger partial charge in [0.25, 0.3) is 0 Å². The van der Waals surface area contributed by atoms with Crippen molar-refractivity contribution in [1.82, 2.24) is 0 Å². The average Bonchev–Trinajstić information content (AvgIpc) is 3.50. The number of fused-ring (bicyclic) bond motifs is 1. The van der Waals surface area contributed by atoms with Gasteiger partial charge in [-0.3, -0.25) is 0 Å². The van der Waals surface area contributed by atoms with Gasteiger partial charge in [-0.2, -0.15) is 0 Å². The molecule has 9 heteroatoms. The minimum absolute atomic E-state index is 0.236. The second kappa shape index (κ2) is 10.6. The second-order valence-electron chi connectivity index (χ2n) is 8.78. The van der Waals surface area contributed by atoms with Crippen LogP contribution in [0.3, 0.4) is 0 Å². The molecule has 0 N–H and O–H groups in total. The van der Waals surface area contributed by atoms with Crippen LogP contribution in [0.2, 0.25) is 15.1 Å². The minimum Gasteiger partial charge on any atom is -0.346 e. The molecule has 3 aromatic carbocycles. The molecule has 36 heavy (non-hydrogen) atoms. The van der Waals surface area contributed by atoms with Gasteiger partial charge in [-0.15, -0.1) is 0 Å². The van der Waals surface area contributed by atoms with Crippen LogP contribution >= 0.6 is 34.8 Å². The number of benzene rings is 3. The molecule has 6 rings (SSSR count). The fourth-order valence-electron chi connectivity index (χ4n) is 4.73. The number of hydrogen-bond acceptors (Lipinski definition) is 6. The van der Waals surface area contributed by atoms with E-state index in [1.165, 1.54) is 0 Å². The molecule has 0 saturated carbocycles. The third-order valence-electron chi connectivity index (χ3n) is 6.52. The van der Waals surface area contributed by atoms with Crippen LogP contribution in [0.15, 0.2) is 72.8 Å². The summed E-state index contributed by atoms with van der Waals surface area (Å²) in [5, 5.41) is 1.67. The molecule has 0 bridgehead atoms. The summed E-state index contributed by atoms with van der Waals surface area (Å²) in [6, 6.07) is 22.3. The van der Waals surface area contributed by atoms with Gasteiger partial charge in [0.15, 0.2) is 18.9 Å². The lowest BCUT2D eigenvalue weighted by Gasteiger charge is -2.29. The van der Waals surface area contributed by atoms with Crippen molar-refractivity contribution < 1.29 is 28.4 Å². The fraction of sp³-hybridized carbons (Fsp3) is 0.333. The average molecular weight is 550 g/mol. The Balaban J connectivity index is 1.29. The Morgan fingerprint density at radius 2 is 0.833 bits per heavy atom. The zero-order chi connectivity index (χ0) is 24.6. The van der Waals surface area contributed by atoms with Gasteiger partial charge < -0.3 is 28.4 Å². The van der Waals surface area contributed by atoms with Crippen molar-refractivity contribution in [2.75, 3.05) is 13.2 Å². The van der Waals surface area contributed by atoms with E-state index in [-0.39, 0.29) is 13.2 Å². The Morgan fingerprint density at radius 1 is 0.472 bits per heavy atom. The molecule has 188 valence electrons. The maximum absolute atomic E-state index is 6.52. The van der Waals surface area contributed by atoms with E-state index in [9.17, 15) is 0 Å². The molecular weight excluding hydrogens is 527 g/mol. The Morgan fingerprint density at radius 3 is 1.31 bits per heavy atom. The lowest BCUT2D eigenvalue weighted by atomic mass is 10.0. The van der Waals surface area contributed by atoms with Crippen LogP contribution in [0.4, 0.5) is 0 Å². The molecule has 3 aromatic rings. The molecule has 3 unspecified atom stereocenters. The summed E-state index contributed by atoms with van der Waals surface area (Å²) >= 11 is 19.3. The van der Waals surface area contributed by atoms with Gasteiger partial charge in [0.1, 0.15) is 24.4 Å². The van der Waals surface area contributed by atoms with Gasteiger partial charge in [0.05, 0.1) is 13.2 Å². The maximum atomic E-state index is 6.52. The van der Waals surface area contributed by atoms with Gasteiger partial charge in [0, 0.05) is 31.8 Å². The molecule has 3 heterocycles. The molecule has 6 nitrogen and oxygen atoms in total. The highest BCUT2D eigenvalue weighted by atomic mass is 35.5. The van der Waals surface area contributed by atoms with E-state index >= 15 is 0 Å². The molecule has 7 atom stereocenters. The van der Waals surface area contributed by atoms with Gasteiger partial charge in [-0.1, -0.05) is 89.4 Å². The summed E-state index contributed by atoms with van der Waals surface area (Å²) in [4.78, 5) is 0. The smallest absolute Gasteiger partial charge is 0.186 e. The minimum atomic E-state index is -0.733. The molecule has 0 spiro atoms. The highest BCUT2D eigenvalue weighted by Gasteiger charge is 2.51. The van der Waals surface area contributed by atoms with Crippen LogP contribution in [0.1, 0.15) is 35.6 Å². The SMILES string of the molecule is Clc1ccccc1C1OC[C@H]2OC(c3ccccc3Cl)O[C@@H]2[C@H]([C@@H]2COC(c3ccccc3Cl)O2)O1. The molecule has 3 aliphatic heterocycles. The Labute approximate surface area is 223 Å². The first kappa shape index (κ1) is 24.6. The van der Waals surface area contributed by atoms with Gasteiger partial charge in [-0.25, -0.2) is 0 Å². The van der Waals surface area contributed by atoms with E-state index in [0.717, 1.165) is 11.1 Å².